The van der Waals surface area contributed by atoms with Crippen molar-refractivity contribution < 1.29 is 4.92 Å². The fourth-order valence-electron chi connectivity index (χ4n) is 2.10. The van der Waals surface area contributed by atoms with Crippen molar-refractivity contribution in [2.45, 2.75) is 19.6 Å². The lowest BCUT2D eigenvalue weighted by Gasteiger charge is -2.14. The Bertz CT molecular complexity index is 610. The summed E-state index contributed by atoms with van der Waals surface area (Å²) in [6.07, 6.45) is 0. The molecule has 0 aliphatic rings. The Balaban J connectivity index is 1.92. The number of nitrogens with one attached hydrogen (secondary N) is 1. The van der Waals surface area contributed by atoms with Gasteiger partial charge in [0.25, 0.3) is 0 Å². The molecule has 0 saturated carbocycles. The molecule has 1 aromatic carbocycles. The van der Waals surface area contributed by atoms with E-state index in [9.17, 15) is 10.1 Å². The van der Waals surface area contributed by atoms with Crippen LogP contribution in [0.4, 0.5) is 5.00 Å². The zero-order chi connectivity index (χ0) is 15.2. The molecule has 21 heavy (non-hydrogen) atoms. The molecule has 0 bridgehead atoms. The number of hydrogen-bond acceptors (Lipinski definition) is 5. The highest BCUT2D eigenvalue weighted by atomic mass is 32.1. The Morgan fingerprint density at radius 2 is 1.86 bits per heavy atom. The van der Waals surface area contributed by atoms with Crippen molar-refractivity contribution in [3.05, 3.63) is 62.5 Å². The van der Waals surface area contributed by atoms with E-state index in [-0.39, 0.29) is 9.92 Å². The second-order valence-corrected chi connectivity index (χ2v) is 6.25. The maximum Gasteiger partial charge on any atom is 0.324 e. The molecule has 5 nitrogen and oxygen atoms in total. The first kappa shape index (κ1) is 15.6. The lowest BCUT2D eigenvalue weighted by molar-refractivity contribution is -0.380. The van der Waals surface area contributed by atoms with Gasteiger partial charge in [-0.1, -0.05) is 35.6 Å². The first-order chi connectivity index (χ1) is 10.1. The van der Waals surface area contributed by atoms with E-state index >= 15 is 0 Å². The minimum Gasteiger partial charge on any atom is -0.308 e. The van der Waals surface area contributed by atoms with Crippen LogP contribution in [-0.2, 0) is 19.6 Å². The number of benzene rings is 1. The summed E-state index contributed by atoms with van der Waals surface area (Å²) in [6, 6.07) is 11.7. The first-order valence-electron chi connectivity index (χ1n) is 6.71. The van der Waals surface area contributed by atoms with Gasteiger partial charge in [0, 0.05) is 30.6 Å². The van der Waals surface area contributed by atoms with Crippen LogP contribution in [0.25, 0.3) is 0 Å². The van der Waals surface area contributed by atoms with Crippen molar-refractivity contribution in [3.63, 3.8) is 0 Å². The minimum absolute atomic E-state index is 0.194. The van der Waals surface area contributed by atoms with E-state index < -0.39 is 0 Å². The van der Waals surface area contributed by atoms with E-state index in [1.165, 1.54) is 22.5 Å². The van der Waals surface area contributed by atoms with Crippen molar-refractivity contribution in [1.29, 1.82) is 0 Å². The average Bonchev–Trinajstić information content (AvgIpc) is 2.89. The smallest absolute Gasteiger partial charge is 0.308 e. The van der Waals surface area contributed by atoms with Gasteiger partial charge in [-0.15, -0.1) is 0 Å². The number of thiophene rings is 1. The van der Waals surface area contributed by atoms with Crippen LogP contribution in [0.5, 0.6) is 0 Å². The van der Waals surface area contributed by atoms with E-state index in [1.807, 2.05) is 18.2 Å². The number of hydrogen-bond donors (Lipinski definition) is 1. The third-order valence-electron chi connectivity index (χ3n) is 3.05. The molecule has 0 saturated heterocycles. The highest BCUT2D eigenvalue weighted by Gasteiger charge is 2.09. The molecule has 0 fully saturated rings. The Labute approximate surface area is 128 Å². The van der Waals surface area contributed by atoms with Crippen LogP contribution in [0.15, 0.2) is 36.4 Å². The zero-order valence-corrected chi connectivity index (χ0v) is 13.0. The predicted molar refractivity (Wildman–Crippen MR) is 85.4 cm³/mol. The fourth-order valence-corrected chi connectivity index (χ4v) is 2.89. The Hall–Kier alpha value is -1.76. The molecule has 0 atom stereocenters. The second-order valence-electron chi connectivity index (χ2n) is 5.11. The number of rotatable bonds is 7. The number of nitrogens with zero attached hydrogens (tertiary/aromatic N) is 2. The van der Waals surface area contributed by atoms with E-state index in [1.54, 1.807) is 6.07 Å². The van der Waals surface area contributed by atoms with Gasteiger partial charge >= 0.3 is 5.00 Å². The van der Waals surface area contributed by atoms with Crippen LogP contribution in [0.3, 0.4) is 0 Å². The molecular formula is C15H19N3O2S. The molecule has 0 aliphatic heterocycles. The Morgan fingerprint density at radius 1 is 1.14 bits per heavy atom. The number of nitro groups is 1. The van der Waals surface area contributed by atoms with Crippen molar-refractivity contribution >= 4 is 16.3 Å². The molecular weight excluding hydrogens is 286 g/mol. The highest BCUT2D eigenvalue weighted by molar-refractivity contribution is 7.15. The second kappa shape index (κ2) is 7.31. The SMILES string of the molecule is CN(C)Cc1ccccc1CNCc1ccc([N+](=O)[O-])s1. The molecule has 1 N–H and O–H groups in total. The normalized spacial score (nSPS) is 11.0. The Morgan fingerprint density at radius 3 is 2.48 bits per heavy atom. The van der Waals surface area contributed by atoms with E-state index in [2.05, 4.69) is 36.4 Å². The van der Waals surface area contributed by atoms with Gasteiger partial charge in [-0.05, 0) is 31.3 Å². The van der Waals surface area contributed by atoms with Crippen LogP contribution in [0.2, 0.25) is 0 Å². The van der Waals surface area contributed by atoms with Crippen LogP contribution in [0, 0.1) is 10.1 Å². The predicted octanol–water partition coefficient (Wildman–Crippen LogP) is 3.01. The van der Waals surface area contributed by atoms with Crippen LogP contribution in [-0.4, -0.2) is 23.9 Å². The van der Waals surface area contributed by atoms with E-state index in [0.29, 0.717) is 6.54 Å². The van der Waals surface area contributed by atoms with Gasteiger partial charge in [-0.25, -0.2) is 0 Å². The molecule has 0 amide bonds. The average molecular weight is 305 g/mol. The summed E-state index contributed by atoms with van der Waals surface area (Å²) in [5.74, 6) is 0. The molecule has 1 aromatic heterocycles. The highest BCUT2D eigenvalue weighted by Crippen LogP contribution is 2.23. The molecule has 2 aromatic rings. The van der Waals surface area contributed by atoms with Gasteiger partial charge in [-0.2, -0.15) is 0 Å². The monoisotopic (exact) mass is 305 g/mol. The van der Waals surface area contributed by atoms with Crippen molar-refractivity contribution in [1.82, 2.24) is 10.2 Å². The molecule has 0 aliphatic carbocycles. The Kier molecular flexibility index (Phi) is 5.44. The van der Waals surface area contributed by atoms with E-state index in [0.717, 1.165) is 18.0 Å². The van der Waals surface area contributed by atoms with E-state index in [4.69, 9.17) is 0 Å². The van der Waals surface area contributed by atoms with Gasteiger partial charge in [-0.3, -0.25) is 10.1 Å². The fraction of sp³-hybridized carbons (Fsp3) is 0.333. The van der Waals surface area contributed by atoms with Gasteiger partial charge in [0.15, 0.2) is 0 Å². The maximum atomic E-state index is 10.6. The third-order valence-corrected chi connectivity index (χ3v) is 4.08. The molecule has 1 heterocycles. The van der Waals surface area contributed by atoms with Crippen molar-refractivity contribution in [2.75, 3.05) is 14.1 Å². The maximum absolute atomic E-state index is 10.6. The molecule has 6 heteroatoms. The minimum atomic E-state index is -0.347. The zero-order valence-electron chi connectivity index (χ0n) is 12.2. The largest absolute Gasteiger partial charge is 0.324 e. The standard InChI is InChI=1S/C15H19N3O2S/c1-17(2)11-13-6-4-3-5-12(13)9-16-10-14-7-8-15(21-14)18(19)20/h3-8,16H,9-11H2,1-2H3. The van der Waals surface area contributed by atoms with Gasteiger partial charge in [0.05, 0.1) is 4.92 Å². The third kappa shape index (κ3) is 4.63. The summed E-state index contributed by atoms with van der Waals surface area (Å²) < 4.78 is 0. The van der Waals surface area contributed by atoms with Crippen LogP contribution >= 0.6 is 11.3 Å². The van der Waals surface area contributed by atoms with Gasteiger partial charge in [0.1, 0.15) is 0 Å². The summed E-state index contributed by atoms with van der Waals surface area (Å²) in [7, 11) is 4.10. The van der Waals surface area contributed by atoms with Crippen LogP contribution < -0.4 is 5.32 Å². The van der Waals surface area contributed by atoms with Crippen LogP contribution in [0.1, 0.15) is 16.0 Å². The molecule has 0 radical (unpaired) electrons. The lowest BCUT2D eigenvalue weighted by atomic mass is 10.1. The summed E-state index contributed by atoms with van der Waals surface area (Å²) in [6.45, 7) is 2.31. The lowest BCUT2D eigenvalue weighted by Crippen LogP contribution is -2.16. The molecule has 0 unspecified atom stereocenters. The summed E-state index contributed by atoms with van der Waals surface area (Å²) in [5, 5.41) is 14.2. The van der Waals surface area contributed by atoms with Gasteiger partial charge in [0.2, 0.25) is 0 Å². The molecule has 2 rings (SSSR count). The summed E-state index contributed by atoms with van der Waals surface area (Å²) in [5.41, 5.74) is 2.56. The first-order valence-corrected chi connectivity index (χ1v) is 7.53. The van der Waals surface area contributed by atoms with Crippen molar-refractivity contribution in [2.24, 2.45) is 0 Å². The molecule has 112 valence electrons. The quantitative estimate of drug-likeness (QED) is 0.631. The topological polar surface area (TPSA) is 58.4 Å². The summed E-state index contributed by atoms with van der Waals surface area (Å²) in [4.78, 5) is 13.4. The van der Waals surface area contributed by atoms with Crippen molar-refractivity contribution in [3.8, 4) is 0 Å². The summed E-state index contributed by atoms with van der Waals surface area (Å²) >= 11 is 1.22. The molecule has 0 spiro atoms. The van der Waals surface area contributed by atoms with Gasteiger partial charge < -0.3 is 10.2 Å².